The lowest BCUT2D eigenvalue weighted by atomic mass is 10.2. The lowest BCUT2D eigenvalue weighted by molar-refractivity contribution is 0.00605. The number of aromatic amines is 1. The maximum absolute atomic E-state index is 11.5. The van der Waals surface area contributed by atoms with Crippen molar-refractivity contribution in [3.8, 4) is 5.75 Å². The van der Waals surface area contributed by atoms with Crippen LogP contribution in [-0.4, -0.2) is 23.7 Å². The first-order valence-electron chi connectivity index (χ1n) is 4.30. The molecule has 14 heavy (non-hydrogen) atoms. The molecule has 1 N–H and O–H groups in total. The largest absolute Gasteiger partial charge is 0.494 e. The molecular formula is C10H14NO3. The number of carbonyl (C=O) groups excluding carboxylic acids is 1. The zero-order valence-corrected chi connectivity index (χ0v) is 8.80. The molecule has 0 saturated carbocycles. The van der Waals surface area contributed by atoms with Crippen LogP contribution < -0.4 is 4.74 Å². The number of methoxy groups -OCH3 is 1. The lowest BCUT2D eigenvalue weighted by Gasteiger charge is -2.19. The average molecular weight is 196 g/mol. The fraction of sp³-hybridized carbons (Fsp3) is 0.500. The van der Waals surface area contributed by atoms with E-state index >= 15 is 0 Å². The van der Waals surface area contributed by atoms with Gasteiger partial charge in [0.15, 0.2) is 11.4 Å². The minimum atomic E-state index is -0.507. The van der Waals surface area contributed by atoms with E-state index in [9.17, 15) is 4.79 Å². The number of esters is 1. The number of aromatic nitrogens is 1. The van der Waals surface area contributed by atoms with Gasteiger partial charge >= 0.3 is 5.97 Å². The van der Waals surface area contributed by atoms with Gasteiger partial charge in [0, 0.05) is 6.07 Å². The van der Waals surface area contributed by atoms with E-state index in [1.165, 1.54) is 7.11 Å². The highest BCUT2D eigenvalue weighted by Gasteiger charge is 2.21. The van der Waals surface area contributed by atoms with Gasteiger partial charge in [-0.3, -0.25) is 0 Å². The second-order valence-electron chi connectivity index (χ2n) is 3.86. The smallest absolute Gasteiger partial charge is 0.359 e. The molecule has 0 aromatic carbocycles. The van der Waals surface area contributed by atoms with Gasteiger partial charge in [-0.1, -0.05) is 0 Å². The molecule has 1 aromatic rings. The summed E-state index contributed by atoms with van der Waals surface area (Å²) >= 11 is 0. The van der Waals surface area contributed by atoms with E-state index in [0.717, 1.165) is 0 Å². The van der Waals surface area contributed by atoms with Gasteiger partial charge in [-0.2, -0.15) is 0 Å². The molecule has 4 nitrogen and oxygen atoms in total. The Hall–Kier alpha value is -1.45. The average Bonchev–Trinajstić information content (AvgIpc) is 2.47. The van der Waals surface area contributed by atoms with Crippen LogP contribution in [0.5, 0.6) is 5.75 Å². The Morgan fingerprint density at radius 2 is 2.14 bits per heavy atom. The first-order chi connectivity index (χ1) is 6.44. The van der Waals surface area contributed by atoms with Gasteiger partial charge < -0.3 is 14.5 Å². The fourth-order valence-electron chi connectivity index (χ4n) is 0.949. The molecule has 1 heterocycles. The van der Waals surface area contributed by atoms with Gasteiger partial charge in [0.2, 0.25) is 0 Å². The Balaban J connectivity index is 2.80. The fourth-order valence-corrected chi connectivity index (χ4v) is 0.949. The summed E-state index contributed by atoms with van der Waals surface area (Å²) in [5, 5.41) is 0. The third-order valence-corrected chi connectivity index (χ3v) is 1.47. The van der Waals surface area contributed by atoms with Crippen molar-refractivity contribution in [1.82, 2.24) is 4.98 Å². The maximum Gasteiger partial charge on any atom is 0.359 e. The molecule has 0 spiro atoms. The standard InChI is InChI=1S/C10H14NO3/c1-10(2,3)14-9(12)8-7(13-4)5-6-11-8/h5,11H,1-4H3. The molecule has 1 aromatic heterocycles. The number of hydrogen-bond donors (Lipinski definition) is 1. The van der Waals surface area contributed by atoms with Crippen molar-refractivity contribution >= 4 is 5.97 Å². The predicted molar refractivity (Wildman–Crippen MR) is 51.3 cm³/mol. The molecular weight excluding hydrogens is 182 g/mol. The third-order valence-electron chi connectivity index (χ3n) is 1.47. The highest BCUT2D eigenvalue weighted by Crippen LogP contribution is 2.19. The van der Waals surface area contributed by atoms with Crippen molar-refractivity contribution < 1.29 is 14.3 Å². The first kappa shape index (κ1) is 10.6. The summed E-state index contributed by atoms with van der Waals surface area (Å²) in [6.45, 7) is 5.43. The van der Waals surface area contributed by atoms with E-state index in [1.807, 2.05) is 20.8 Å². The molecule has 0 aliphatic heterocycles. The van der Waals surface area contributed by atoms with E-state index in [-0.39, 0.29) is 0 Å². The van der Waals surface area contributed by atoms with Crippen LogP contribution in [0.4, 0.5) is 0 Å². The Kier molecular flexibility index (Phi) is 2.84. The van der Waals surface area contributed by atoms with E-state index in [0.29, 0.717) is 11.4 Å². The molecule has 1 rings (SSSR count). The summed E-state index contributed by atoms with van der Waals surface area (Å²) in [7, 11) is 1.49. The molecule has 0 atom stereocenters. The zero-order chi connectivity index (χ0) is 10.8. The van der Waals surface area contributed by atoms with Crippen molar-refractivity contribution in [3.63, 3.8) is 0 Å². The monoisotopic (exact) mass is 196 g/mol. The molecule has 1 radical (unpaired) electrons. The Labute approximate surface area is 83.2 Å². The summed E-state index contributed by atoms with van der Waals surface area (Å²) < 4.78 is 10.1. The molecule has 0 aliphatic carbocycles. The molecule has 0 saturated heterocycles. The number of ether oxygens (including phenoxy) is 2. The Morgan fingerprint density at radius 3 is 2.64 bits per heavy atom. The van der Waals surface area contributed by atoms with E-state index in [4.69, 9.17) is 9.47 Å². The second-order valence-corrected chi connectivity index (χ2v) is 3.86. The summed E-state index contributed by atoms with van der Waals surface area (Å²) in [4.78, 5) is 14.2. The maximum atomic E-state index is 11.5. The number of nitrogens with one attached hydrogen (secondary N) is 1. The van der Waals surface area contributed by atoms with Gasteiger partial charge in [-0.15, -0.1) is 0 Å². The van der Waals surface area contributed by atoms with Crippen molar-refractivity contribution in [3.05, 3.63) is 18.0 Å². The van der Waals surface area contributed by atoms with Gasteiger partial charge in [0.1, 0.15) is 5.60 Å². The van der Waals surface area contributed by atoms with Gasteiger partial charge in [-0.25, -0.2) is 4.79 Å². The zero-order valence-electron chi connectivity index (χ0n) is 8.80. The quantitative estimate of drug-likeness (QED) is 0.733. The first-order valence-corrected chi connectivity index (χ1v) is 4.30. The van der Waals surface area contributed by atoms with E-state index < -0.39 is 11.6 Å². The highest BCUT2D eigenvalue weighted by molar-refractivity contribution is 5.90. The van der Waals surface area contributed by atoms with Crippen LogP contribution in [0.1, 0.15) is 31.3 Å². The van der Waals surface area contributed by atoms with Crippen molar-refractivity contribution in [2.24, 2.45) is 0 Å². The Morgan fingerprint density at radius 1 is 1.50 bits per heavy atom. The SMILES string of the molecule is COc1c[c][nH]c1C(=O)OC(C)(C)C. The minimum absolute atomic E-state index is 0.294. The van der Waals surface area contributed by atoms with Crippen LogP contribution in [0.2, 0.25) is 0 Å². The van der Waals surface area contributed by atoms with E-state index in [1.54, 1.807) is 6.07 Å². The van der Waals surface area contributed by atoms with Crippen LogP contribution in [0.15, 0.2) is 6.07 Å². The second kappa shape index (κ2) is 3.74. The number of carbonyl (C=O) groups is 1. The number of hydrogen-bond acceptors (Lipinski definition) is 3. The highest BCUT2D eigenvalue weighted by atomic mass is 16.6. The van der Waals surface area contributed by atoms with Crippen molar-refractivity contribution in [2.75, 3.05) is 7.11 Å². The van der Waals surface area contributed by atoms with Crippen LogP contribution in [-0.2, 0) is 4.74 Å². The van der Waals surface area contributed by atoms with Crippen LogP contribution in [0.25, 0.3) is 0 Å². The lowest BCUT2D eigenvalue weighted by Crippen LogP contribution is -2.24. The topological polar surface area (TPSA) is 51.3 Å². The normalized spacial score (nSPS) is 11.1. The number of rotatable bonds is 2. The molecule has 0 aliphatic rings. The molecule has 0 fully saturated rings. The molecule has 4 heteroatoms. The molecule has 77 valence electrons. The predicted octanol–water partition coefficient (Wildman–Crippen LogP) is 1.78. The third kappa shape index (κ3) is 2.52. The Bertz CT molecular complexity index is 322. The van der Waals surface area contributed by atoms with Crippen LogP contribution in [0.3, 0.4) is 0 Å². The van der Waals surface area contributed by atoms with Gasteiger partial charge in [0.25, 0.3) is 0 Å². The van der Waals surface area contributed by atoms with Crippen LogP contribution in [0, 0.1) is 6.20 Å². The summed E-state index contributed by atoms with van der Waals surface area (Å²) in [6, 6.07) is 1.55. The molecule has 0 unspecified atom stereocenters. The molecule has 0 bridgehead atoms. The van der Waals surface area contributed by atoms with Gasteiger partial charge in [0.05, 0.1) is 13.3 Å². The van der Waals surface area contributed by atoms with Crippen molar-refractivity contribution in [1.29, 1.82) is 0 Å². The van der Waals surface area contributed by atoms with Crippen LogP contribution >= 0.6 is 0 Å². The summed E-state index contributed by atoms with van der Waals surface area (Å²) in [6.07, 6.45) is 2.67. The van der Waals surface area contributed by atoms with Gasteiger partial charge in [-0.05, 0) is 20.8 Å². The number of H-pyrrole nitrogens is 1. The summed E-state index contributed by atoms with van der Waals surface area (Å²) in [5.74, 6) is 0.00912. The van der Waals surface area contributed by atoms with Crippen molar-refractivity contribution in [2.45, 2.75) is 26.4 Å². The summed E-state index contributed by atoms with van der Waals surface area (Å²) in [5.41, 5.74) is -0.213. The van der Waals surface area contributed by atoms with E-state index in [2.05, 4.69) is 11.2 Å². The molecule has 0 amide bonds. The minimum Gasteiger partial charge on any atom is -0.494 e.